The number of rotatable bonds is 2. The van der Waals surface area contributed by atoms with Crippen LogP contribution in [0.2, 0.25) is 0 Å². The lowest BCUT2D eigenvalue weighted by Crippen LogP contribution is -2.00. The van der Waals surface area contributed by atoms with Crippen molar-refractivity contribution in [3.05, 3.63) is 24.0 Å². The first-order valence-corrected chi connectivity index (χ1v) is 4.90. The summed E-state index contributed by atoms with van der Waals surface area (Å²) in [5, 5.41) is 0. The monoisotopic (exact) mass is 187 g/mol. The second-order valence-electron chi connectivity index (χ2n) is 2.32. The van der Waals surface area contributed by atoms with Crippen molar-refractivity contribution in [1.82, 2.24) is 0 Å². The Morgan fingerprint density at radius 1 is 1.58 bits per heavy atom. The Balaban J connectivity index is 3.13. The summed E-state index contributed by atoms with van der Waals surface area (Å²) in [7, 11) is -1.18. The van der Waals surface area contributed by atoms with Crippen LogP contribution in [0.1, 0.15) is 6.92 Å². The number of benzene rings is 1. The summed E-state index contributed by atoms with van der Waals surface area (Å²) in [6, 6.07) is 3.90. The molecule has 0 radical (unpaired) electrons. The molecule has 0 aliphatic carbocycles. The Kier molecular flexibility index (Phi) is 2.81. The van der Waals surface area contributed by atoms with Crippen LogP contribution in [0.5, 0.6) is 0 Å². The molecule has 1 atom stereocenters. The summed E-state index contributed by atoms with van der Waals surface area (Å²) < 4.78 is 23.9. The van der Waals surface area contributed by atoms with Gasteiger partial charge in [-0.25, -0.2) is 4.39 Å². The molecule has 66 valence electrons. The lowest BCUT2D eigenvalue weighted by atomic mass is 10.3. The number of nitrogen functional groups attached to an aromatic ring is 1. The van der Waals surface area contributed by atoms with Gasteiger partial charge in [-0.2, -0.15) is 0 Å². The minimum Gasteiger partial charge on any atom is -0.398 e. The predicted octanol–water partition coefficient (Wildman–Crippen LogP) is 1.54. The van der Waals surface area contributed by atoms with Crippen LogP contribution in [0, 0.1) is 5.82 Å². The predicted molar refractivity (Wildman–Crippen MR) is 47.8 cm³/mol. The second kappa shape index (κ2) is 3.67. The number of hydrogen-bond donors (Lipinski definition) is 1. The number of anilines is 1. The van der Waals surface area contributed by atoms with Gasteiger partial charge in [0.05, 0.1) is 15.7 Å². The maximum absolute atomic E-state index is 12.7. The Hall–Kier alpha value is -0.900. The molecule has 0 aromatic heterocycles. The first-order valence-electron chi connectivity index (χ1n) is 3.58. The topological polar surface area (TPSA) is 43.1 Å². The van der Waals surface area contributed by atoms with E-state index in [9.17, 15) is 8.60 Å². The quantitative estimate of drug-likeness (QED) is 0.713. The van der Waals surface area contributed by atoms with E-state index in [4.69, 9.17) is 5.73 Å². The van der Waals surface area contributed by atoms with Crippen molar-refractivity contribution in [2.45, 2.75) is 11.8 Å². The zero-order valence-electron chi connectivity index (χ0n) is 6.71. The molecule has 0 saturated heterocycles. The molecule has 2 nitrogen and oxygen atoms in total. The summed E-state index contributed by atoms with van der Waals surface area (Å²) in [5.74, 6) is 0.0502. The van der Waals surface area contributed by atoms with Crippen LogP contribution in [-0.4, -0.2) is 9.96 Å². The largest absolute Gasteiger partial charge is 0.398 e. The average molecular weight is 187 g/mol. The van der Waals surface area contributed by atoms with Crippen LogP contribution in [0.3, 0.4) is 0 Å². The molecule has 12 heavy (non-hydrogen) atoms. The molecule has 0 heterocycles. The minimum atomic E-state index is -1.18. The summed E-state index contributed by atoms with van der Waals surface area (Å²) in [5.41, 5.74) is 5.89. The van der Waals surface area contributed by atoms with Gasteiger partial charge in [-0.05, 0) is 18.2 Å². The zero-order chi connectivity index (χ0) is 9.14. The Morgan fingerprint density at radius 3 is 2.83 bits per heavy atom. The molecule has 0 aliphatic rings. The summed E-state index contributed by atoms with van der Waals surface area (Å²) in [6.45, 7) is 1.76. The summed E-state index contributed by atoms with van der Waals surface area (Å²) >= 11 is 0. The third kappa shape index (κ3) is 1.82. The fourth-order valence-corrected chi connectivity index (χ4v) is 1.75. The van der Waals surface area contributed by atoms with Crippen LogP contribution in [-0.2, 0) is 10.8 Å². The van der Waals surface area contributed by atoms with Gasteiger partial charge in [0, 0.05) is 11.4 Å². The normalized spacial score (nSPS) is 12.8. The smallest absolute Gasteiger partial charge is 0.124 e. The van der Waals surface area contributed by atoms with E-state index in [1.165, 1.54) is 18.2 Å². The Morgan fingerprint density at radius 2 is 2.25 bits per heavy atom. The highest BCUT2D eigenvalue weighted by molar-refractivity contribution is 7.85. The molecule has 0 amide bonds. The van der Waals surface area contributed by atoms with Crippen molar-refractivity contribution in [2.24, 2.45) is 0 Å². The van der Waals surface area contributed by atoms with Crippen molar-refractivity contribution in [2.75, 3.05) is 11.5 Å². The molecule has 0 spiro atoms. The van der Waals surface area contributed by atoms with E-state index in [1.807, 2.05) is 0 Å². The van der Waals surface area contributed by atoms with E-state index in [0.717, 1.165) is 0 Å². The van der Waals surface area contributed by atoms with E-state index in [2.05, 4.69) is 0 Å². The van der Waals surface area contributed by atoms with Crippen molar-refractivity contribution in [3.63, 3.8) is 0 Å². The summed E-state index contributed by atoms with van der Waals surface area (Å²) in [4.78, 5) is 0.387. The lowest BCUT2D eigenvalue weighted by Gasteiger charge is -2.02. The van der Waals surface area contributed by atoms with Crippen LogP contribution >= 0.6 is 0 Å². The van der Waals surface area contributed by atoms with Crippen molar-refractivity contribution < 1.29 is 8.60 Å². The van der Waals surface area contributed by atoms with Crippen LogP contribution in [0.15, 0.2) is 23.1 Å². The van der Waals surface area contributed by atoms with Gasteiger partial charge in [0.2, 0.25) is 0 Å². The SMILES string of the molecule is CCS(=O)c1cc(F)ccc1N. The molecule has 1 rings (SSSR count). The standard InChI is InChI=1S/C8H10FNOS/c1-2-12(11)8-5-6(9)3-4-7(8)10/h3-5H,2,10H2,1H3. The van der Waals surface area contributed by atoms with Gasteiger partial charge < -0.3 is 5.73 Å². The highest BCUT2D eigenvalue weighted by Gasteiger charge is 2.06. The molecule has 0 fully saturated rings. The molecule has 1 aromatic carbocycles. The molecule has 0 bridgehead atoms. The van der Waals surface area contributed by atoms with Crippen molar-refractivity contribution in [3.8, 4) is 0 Å². The highest BCUT2D eigenvalue weighted by Crippen LogP contribution is 2.17. The molecule has 4 heteroatoms. The van der Waals surface area contributed by atoms with Gasteiger partial charge in [0.15, 0.2) is 0 Å². The molecular formula is C8H10FNOS. The zero-order valence-corrected chi connectivity index (χ0v) is 7.53. The van der Waals surface area contributed by atoms with Crippen LogP contribution in [0.25, 0.3) is 0 Å². The second-order valence-corrected chi connectivity index (χ2v) is 4.02. The third-order valence-electron chi connectivity index (χ3n) is 1.48. The minimum absolute atomic E-state index is 0.386. The van der Waals surface area contributed by atoms with Gasteiger partial charge in [-0.1, -0.05) is 6.92 Å². The first-order chi connectivity index (χ1) is 5.65. The molecule has 1 aromatic rings. The van der Waals surface area contributed by atoms with E-state index < -0.39 is 16.6 Å². The highest BCUT2D eigenvalue weighted by atomic mass is 32.2. The molecule has 0 aliphatic heterocycles. The summed E-state index contributed by atoms with van der Waals surface area (Å²) in [6.07, 6.45) is 0. The van der Waals surface area contributed by atoms with Gasteiger partial charge >= 0.3 is 0 Å². The number of halogens is 1. The fraction of sp³-hybridized carbons (Fsp3) is 0.250. The van der Waals surface area contributed by atoms with Crippen LogP contribution < -0.4 is 5.73 Å². The third-order valence-corrected chi connectivity index (χ3v) is 2.85. The fourth-order valence-electron chi connectivity index (χ4n) is 0.861. The molecular weight excluding hydrogens is 177 g/mol. The van der Waals surface area contributed by atoms with E-state index in [0.29, 0.717) is 16.3 Å². The van der Waals surface area contributed by atoms with E-state index >= 15 is 0 Å². The number of hydrogen-bond acceptors (Lipinski definition) is 2. The lowest BCUT2D eigenvalue weighted by molar-refractivity contribution is 0.623. The average Bonchev–Trinajstić information content (AvgIpc) is 2.08. The van der Waals surface area contributed by atoms with Gasteiger partial charge in [-0.3, -0.25) is 4.21 Å². The van der Waals surface area contributed by atoms with Crippen LogP contribution in [0.4, 0.5) is 10.1 Å². The van der Waals surface area contributed by atoms with E-state index in [1.54, 1.807) is 6.92 Å². The van der Waals surface area contributed by atoms with Crippen molar-refractivity contribution >= 4 is 16.5 Å². The molecule has 2 N–H and O–H groups in total. The van der Waals surface area contributed by atoms with Gasteiger partial charge in [0.25, 0.3) is 0 Å². The molecule has 0 saturated carbocycles. The number of nitrogens with two attached hydrogens (primary N) is 1. The Labute approximate surface area is 73.0 Å². The van der Waals surface area contributed by atoms with Gasteiger partial charge in [-0.15, -0.1) is 0 Å². The van der Waals surface area contributed by atoms with Crippen molar-refractivity contribution in [1.29, 1.82) is 0 Å². The maximum atomic E-state index is 12.7. The Bertz CT molecular complexity index is 314. The first kappa shape index (κ1) is 9.19. The van der Waals surface area contributed by atoms with Gasteiger partial charge in [0.1, 0.15) is 5.82 Å². The maximum Gasteiger partial charge on any atom is 0.124 e. The molecule has 1 unspecified atom stereocenters. The van der Waals surface area contributed by atoms with E-state index in [-0.39, 0.29) is 0 Å².